The van der Waals surface area contributed by atoms with Gasteiger partial charge in [-0.1, -0.05) is 12.1 Å². The van der Waals surface area contributed by atoms with Crippen LogP contribution in [0.5, 0.6) is 0 Å². The van der Waals surface area contributed by atoms with Gasteiger partial charge in [-0.25, -0.2) is 18.4 Å². The highest BCUT2D eigenvalue weighted by Crippen LogP contribution is 2.34. The van der Waals surface area contributed by atoms with Crippen molar-refractivity contribution in [2.45, 2.75) is 36.9 Å². The lowest BCUT2D eigenvalue weighted by molar-refractivity contribution is -0.128. The highest BCUT2D eigenvalue weighted by atomic mass is 32.2. The molecule has 2 aromatic heterocycles. The van der Waals surface area contributed by atoms with Crippen LogP contribution in [0.3, 0.4) is 0 Å². The fourth-order valence-electron chi connectivity index (χ4n) is 2.82. The third-order valence-electron chi connectivity index (χ3n) is 4.69. The first-order valence-electron chi connectivity index (χ1n) is 9.79. The molecule has 0 aliphatic rings. The lowest BCUT2D eigenvalue weighted by atomic mass is 10.1. The molecular weight excluding hydrogens is 529 g/mol. The van der Waals surface area contributed by atoms with Crippen LogP contribution in [0.2, 0.25) is 0 Å². The van der Waals surface area contributed by atoms with E-state index in [0.29, 0.717) is 26.8 Å². The predicted octanol–water partition coefficient (Wildman–Crippen LogP) is 3.21. The molecule has 1 aromatic carbocycles. The summed E-state index contributed by atoms with van der Waals surface area (Å²) in [5, 5.41) is 14.4. The van der Waals surface area contributed by atoms with Crippen LogP contribution in [0, 0.1) is 0 Å². The number of halogens is 3. The second-order valence-electron chi connectivity index (χ2n) is 7.27. The van der Waals surface area contributed by atoms with Crippen LogP contribution in [0.1, 0.15) is 23.2 Å². The van der Waals surface area contributed by atoms with Crippen molar-refractivity contribution < 1.29 is 36.3 Å². The number of sulfone groups is 1. The Morgan fingerprint density at radius 1 is 1.17 bits per heavy atom. The monoisotopic (exact) mass is 548 g/mol. The number of alkyl halides is 3. The van der Waals surface area contributed by atoms with Gasteiger partial charge in [-0.3, -0.25) is 9.59 Å². The molecule has 2 amide bonds. The van der Waals surface area contributed by atoms with E-state index in [1.165, 1.54) is 23.2 Å². The highest BCUT2D eigenvalue weighted by Gasteiger charge is 2.46. The molecule has 0 atom stereocenters. The van der Waals surface area contributed by atoms with Gasteiger partial charge in [0.25, 0.3) is 9.84 Å². The molecule has 9 nitrogen and oxygen atoms in total. The van der Waals surface area contributed by atoms with Crippen LogP contribution >= 0.6 is 22.7 Å². The fraction of sp³-hybridized carbons (Fsp3) is 0.300. The van der Waals surface area contributed by atoms with E-state index in [1.54, 1.807) is 12.4 Å². The standard InChI is InChI=1S/C20H19F3N4O5S3/c1-11(29)27(2)8-14-18(34-17(9-28)24-14)15-10-33-19(25-15)26-16(30)7-12-3-5-13(6-4-12)35(31,32)20(21,22)23/h3-6,10,28H,7-9H2,1-2H3,(H,25,26,30). The zero-order chi connectivity index (χ0) is 26.0. The van der Waals surface area contributed by atoms with Gasteiger partial charge in [0, 0.05) is 19.4 Å². The van der Waals surface area contributed by atoms with E-state index >= 15 is 0 Å². The van der Waals surface area contributed by atoms with Gasteiger partial charge >= 0.3 is 5.51 Å². The number of nitrogens with one attached hydrogen (secondary N) is 1. The second kappa shape index (κ2) is 10.4. The lowest BCUT2D eigenvalue weighted by Gasteiger charge is -2.13. The van der Waals surface area contributed by atoms with E-state index < -0.39 is 26.1 Å². The van der Waals surface area contributed by atoms with Crippen LogP contribution in [-0.4, -0.2) is 52.8 Å². The number of hydrogen-bond donors (Lipinski definition) is 2. The summed E-state index contributed by atoms with van der Waals surface area (Å²) in [7, 11) is -3.85. The Morgan fingerprint density at radius 3 is 2.40 bits per heavy atom. The van der Waals surface area contributed by atoms with E-state index in [1.807, 2.05) is 0 Å². The second-order valence-corrected chi connectivity index (χ2v) is 11.2. The molecule has 2 heterocycles. The van der Waals surface area contributed by atoms with Crippen LogP contribution in [0.4, 0.5) is 18.3 Å². The minimum atomic E-state index is -5.46. The van der Waals surface area contributed by atoms with Crippen molar-refractivity contribution in [3.63, 3.8) is 0 Å². The molecule has 3 aromatic rings. The average Bonchev–Trinajstić information content (AvgIpc) is 3.39. The first-order valence-corrected chi connectivity index (χ1v) is 13.0. The maximum Gasteiger partial charge on any atom is 0.501 e. The molecule has 0 spiro atoms. The third kappa shape index (κ3) is 6.22. The van der Waals surface area contributed by atoms with Crippen molar-refractivity contribution in [3.8, 4) is 10.6 Å². The number of aliphatic hydroxyl groups excluding tert-OH is 1. The Bertz CT molecular complexity index is 1330. The average molecular weight is 549 g/mol. The normalized spacial score (nSPS) is 11.9. The number of aromatic nitrogens is 2. The number of carbonyl (C=O) groups is 2. The summed E-state index contributed by atoms with van der Waals surface area (Å²) in [5.41, 5.74) is -4.05. The van der Waals surface area contributed by atoms with E-state index in [9.17, 15) is 36.3 Å². The molecule has 2 N–H and O–H groups in total. The molecule has 0 saturated heterocycles. The minimum absolute atomic E-state index is 0.162. The Kier molecular flexibility index (Phi) is 7.93. The fourth-order valence-corrected chi connectivity index (χ4v) is 5.26. The summed E-state index contributed by atoms with van der Waals surface area (Å²) in [6.45, 7) is 1.34. The number of benzene rings is 1. The molecule has 0 unspecified atom stereocenters. The zero-order valence-electron chi connectivity index (χ0n) is 18.3. The van der Waals surface area contributed by atoms with E-state index in [4.69, 9.17) is 0 Å². The van der Waals surface area contributed by atoms with Crippen molar-refractivity contribution in [1.29, 1.82) is 0 Å². The van der Waals surface area contributed by atoms with Crippen LogP contribution in [-0.2, 0) is 39.0 Å². The first kappa shape index (κ1) is 26.7. The number of anilines is 1. The van der Waals surface area contributed by atoms with Crippen LogP contribution in [0.15, 0.2) is 34.5 Å². The van der Waals surface area contributed by atoms with Crippen molar-refractivity contribution in [1.82, 2.24) is 14.9 Å². The van der Waals surface area contributed by atoms with Crippen molar-refractivity contribution in [3.05, 3.63) is 45.9 Å². The topological polar surface area (TPSA) is 130 Å². The Morgan fingerprint density at radius 2 is 1.83 bits per heavy atom. The van der Waals surface area contributed by atoms with Gasteiger partial charge in [0.05, 0.1) is 40.7 Å². The third-order valence-corrected chi connectivity index (χ3v) is 8.05. The van der Waals surface area contributed by atoms with Gasteiger partial charge < -0.3 is 15.3 Å². The summed E-state index contributed by atoms with van der Waals surface area (Å²) in [6, 6.07) is 3.87. The molecule has 35 heavy (non-hydrogen) atoms. The van der Waals surface area contributed by atoms with E-state index in [2.05, 4.69) is 15.3 Å². The molecule has 0 aliphatic heterocycles. The first-order chi connectivity index (χ1) is 16.3. The van der Waals surface area contributed by atoms with Crippen molar-refractivity contribution in [2.75, 3.05) is 12.4 Å². The van der Waals surface area contributed by atoms with Gasteiger partial charge in [0.1, 0.15) is 5.01 Å². The van der Waals surface area contributed by atoms with Gasteiger partial charge in [-0.15, -0.1) is 22.7 Å². The molecule has 0 fully saturated rings. The number of thiazole rings is 2. The predicted molar refractivity (Wildman–Crippen MR) is 123 cm³/mol. The van der Waals surface area contributed by atoms with E-state index in [-0.39, 0.29) is 30.6 Å². The highest BCUT2D eigenvalue weighted by molar-refractivity contribution is 7.92. The summed E-state index contributed by atoms with van der Waals surface area (Å²) < 4.78 is 60.8. The zero-order valence-corrected chi connectivity index (χ0v) is 20.7. The number of aliphatic hydroxyl groups is 1. The van der Waals surface area contributed by atoms with Crippen molar-refractivity contribution >= 4 is 49.5 Å². The molecule has 3 rings (SSSR count). The number of amides is 2. The molecule has 188 valence electrons. The number of nitrogens with zero attached hydrogens (tertiary/aromatic N) is 3. The Labute approximate surface area is 206 Å². The van der Waals surface area contributed by atoms with Gasteiger partial charge in [-0.2, -0.15) is 13.2 Å². The largest absolute Gasteiger partial charge is 0.501 e. The SMILES string of the molecule is CC(=O)N(C)Cc1nc(CO)sc1-c1csc(NC(=O)Cc2ccc(S(=O)(=O)C(F)(F)F)cc2)n1. The summed E-state index contributed by atoms with van der Waals surface area (Å²) in [6.07, 6.45) is -0.217. The molecule has 0 aliphatic carbocycles. The minimum Gasteiger partial charge on any atom is -0.389 e. The van der Waals surface area contributed by atoms with Gasteiger partial charge in [-0.05, 0) is 17.7 Å². The maximum absolute atomic E-state index is 12.6. The summed E-state index contributed by atoms with van der Waals surface area (Å²) >= 11 is 2.34. The molecule has 0 bridgehead atoms. The van der Waals surface area contributed by atoms with Crippen LogP contribution in [0.25, 0.3) is 10.6 Å². The van der Waals surface area contributed by atoms with Crippen LogP contribution < -0.4 is 5.32 Å². The van der Waals surface area contributed by atoms with Crippen molar-refractivity contribution in [2.24, 2.45) is 0 Å². The Balaban J connectivity index is 1.70. The number of carbonyl (C=O) groups excluding carboxylic acids is 2. The maximum atomic E-state index is 12.6. The lowest BCUT2D eigenvalue weighted by Crippen LogP contribution is -2.23. The van der Waals surface area contributed by atoms with E-state index in [0.717, 1.165) is 35.6 Å². The quantitative estimate of drug-likeness (QED) is 0.442. The molecular formula is C20H19F3N4O5S3. The smallest absolute Gasteiger partial charge is 0.389 e. The number of hydrogen-bond acceptors (Lipinski definition) is 9. The molecule has 0 saturated carbocycles. The summed E-state index contributed by atoms with van der Waals surface area (Å²) in [5.74, 6) is -0.668. The van der Waals surface area contributed by atoms with Gasteiger partial charge in [0.2, 0.25) is 11.8 Å². The van der Waals surface area contributed by atoms with Gasteiger partial charge in [0.15, 0.2) is 5.13 Å². The molecule has 0 radical (unpaired) electrons. The number of rotatable bonds is 8. The molecule has 15 heteroatoms. The Hall–Kier alpha value is -2.88. The summed E-state index contributed by atoms with van der Waals surface area (Å²) in [4.78, 5) is 33.8.